The SMILES string of the molecule is CC(C)(C)OC(=O)N[C@H]1CN(C(=O)NS(C)(=O)=O)C1=O. The van der Waals surface area contributed by atoms with E-state index in [0.717, 1.165) is 6.26 Å². The van der Waals surface area contributed by atoms with Crippen LogP contribution in [-0.4, -0.2) is 55.8 Å². The molecule has 0 spiro atoms. The molecule has 114 valence electrons. The third-order valence-corrected chi connectivity index (χ3v) is 2.68. The van der Waals surface area contributed by atoms with Gasteiger partial charge in [-0.15, -0.1) is 0 Å². The molecule has 1 saturated heterocycles. The molecule has 0 radical (unpaired) electrons. The number of likely N-dealkylation sites (tertiary alicyclic amines) is 1. The number of alkyl carbamates (subject to hydrolysis) is 1. The summed E-state index contributed by atoms with van der Waals surface area (Å²) in [6.45, 7) is 4.89. The molecule has 1 aliphatic rings. The van der Waals surface area contributed by atoms with Gasteiger partial charge >= 0.3 is 12.1 Å². The van der Waals surface area contributed by atoms with E-state index in [0.29, 0.717) is 4.90 Å². The Morgan fingerprint density at radius 2 is 1.90 bits per heavy atom. The highest BCUT2D eigenvalue weighted by Gasteiger charge is 2.43. The van der Waals surface area contributed by atoms with Gasteiger partial charge in [-0.25, -0.2) is 22.7 Å². The molecule has 1 rings (SSSR count). The van der Waals surface area contributed by atoms with Crippen LogP contribution in [0.25, 0.3) is 0 Å². The Morgan fingerprint density at radius 3 is 2.30 bits per heavy atom. The number of hydrogen-bond donors (Lipinski definition) is 2. The molecule has 0 aliphatic carbocycles. The van der Waals surface area contributed by atoms with Crippen molar-refractivity contribution in [2.45, 2.75) is 32.4 Å². The van der Waals surface area contributed by atoms with E-state index in [2.05, 4.69) is 5.32 Å². The highest BCUT2D eigenvalue weighted by molar-refractivity contribution is 7.89. The van der Waals surface area contributed by atoms with Crippen molar-refractivity contribution in [2.24, 2.45) is 0 Å². The number of β-lactam (4-membered cyclic amide) rings is 1. The molecule has 0 saturated carbocycles. The van der Waals surface area contributed by atoms with Crippen LogP contribution in [0.1, 0.15) is 20.8 Å². The molecule has 1 aliphatic heterocycles. The predicted octanol–water partition coefficient (Wildman–Crippen LogP) is -0.609. The maximum absolute atomic E-state index is 11.6. The Morgan fingerprint density at radius 1 is 1.35 bits per heavy atom. The highest BCUT2D eigenvalue weighted by atomic mass is 32.2. The van der Waals surface area contributed by atoms with Gasteiger partial charge in [0, 0.05) is 0 Å². The first kappa shape index (κ1) is 16.2. The number of urea groups is 1. The van der Waals surface area contributed by atoms with Crippen LogP contribution in [0.3, 0.4) is 0 Å². The molecule has 1 atom stereocenters. The summed E-state index contributed by atoms with van der Waals surface area (Å²) < 4.78 is 28.3. The zero-order valence-corrected chi connectivity index (χ0v) is 12.4. The van der Waals surface area contributed by atoms with E-state index in [1.807, 2.05) is 0 Å². The summed E-state index contributed by atoms with van der Waals surface area (Å²) in [4.78, 5) is 35.1. The van der Waals surface area contributed by atoms with Crippen molar-refractivity contribution >= 4 is 28.1 Å². The van der Waals surface area contributed by atoms with Gasteiger partial charge in [-0.05, 0) is 20.8 Å². The number of sulfonamides is 1. The lowest BCUT2D eigenvalue weighted by molar-refractivity contribution is -0.139. The second-order valence-corrected chi connectivity index (χ2v) is 7.08. The van der Waals surface area contributed by atoms with E-state index in [9.17, 15) is 22.8 Å². The van der Waals surface area contributed by atoms with Gasteiger partial charge in [0.15, 0.2) is 0 Å². The zero-order valence-electron chi connectivity index (χ0n) is 11.6. The summed E-state index contributed by atoms with van der Waals surface area (Å²) in [5, 5.41) is 2.29. The van der Waals surface area contributed by atoms with Gasteiger partial charge in [0.1, 0.15) is 11.6 Å². The van der Waals surface area contributed by atoms with Gasteiger partial charge in [-0.1, -0.05) is 0 Å². The molecule has 0 bridgehead atoms. The van der Waals surface area contributed by atoms with Gasteiger partial charge in [0.05, 0.1) is 12.8 Å². The summed E-state index contributed by atoms with van der Waals surface area (Å²) in [5.74, 6) is -0.697. The Bertz CT molecular complexity index is 536. The Balaban J connectivity index is 2.48. The number of carbonyl (C=O) groups excluding carboxylic acids is 3. The van der Waals surface area contributed by atoms with E-state index in [-0.39, 0.29) is 6.54 Å². The average molecular weight is 307 g/mol. The lowest BCUT2D eigenvalue weighted by atomic mass is 10.1. The number of nitrogens with zero attached hydrogens (tertiary/aromatic N) is 1. The van der Waals surface area contributed by atoms with Crippen LogP contribution in [-0.2, 0) is 19.6 Å². The smallest absolute Gasteiger partial charge is 0.408 e. The predicted molar refractivity (Wildman–Crippen MR) is 68.2 cm³/mol. The maximum atomic E-state index is 11.6. The average Bonchev–Trinajstić information content (AvgIpc) is 2.17. The fraction of sp³-hybridized carbons (Fsp3) is 0.700. The van der Waals surface area contributed by atoms with Crippen LogP contribution in [0.4, 0.5) is 9.59 Å². The van der Waals surface area contributed by atoms with Gasteiger partial charge in [-0.3, -0.25) is 9.69 Å². The number of rotatable bonds is 2. The molecule has 0 aromatic rings. The van der Waals surface area contributed by atoms with Gasteiger partial charge in [0.2, 0.25) is 10.0 Å². The minimum absolute atomic E-state index is 0.112. The summed E-state index contributed by atoms with van der Waals surface area (Å²) in [5.41, 5.74) is -0.704. The summed E-state index contributed by atoms with van der Waals surface area (Å²) in [6.07, 6.45) is 0.0185. The quantitative estimate of drug-likeness (QED) is 0.656. The lowest BCUT2D eigenvalue weighted by Gasteiger charge is -2.36. The van der Waals surface area contributed by atoms with Crippen molar-refractivity contribution in [1.82, 2.24) is 14.9 Å². The molecule has 0 unspecified atom stereocenters. The van der Waals surface area contributed by atoms with Gasteiger partial charge in [-0.2, -0.15) is 0 Å². The van der Waals surface area contributed by atoms with Crippen LogP contribution in [0.2, 0.25) is 0 Å². The molecule has 9 nitrogen and oxygen atoms in total. The first-order valence-electron chi connectivity index (χ1n) is 5.72. The fourth-order valence-electron chi connectivity index (χ4n) is 1.38. The number of nitrogens with one attached hydrogen (secondary N) is 2. The molecule has 1 fully saturated rings. The summed E-state index contributed by atoms with van der Waals surface area (Å²) in [7, 11) is -3.74. The molecule has 20 heavy (non-hydrogen) atoms. The number of ether oxygens (including phenoxy) is 1. The van der Waals surface area contributed by atoms with Crippen molar-refractivity contribution in [3.05, 3.63) is 0 Å². The second kappa shape index (κ2) is 5.27. The largest absolute Gasteiger partial charge is 0.444 e. The topological polar surface area (TPSA) is 122 Å². The van der Waals surface area contributed by atoms with Crippen molar-refractivity contribution in [2.75, 3.05) is 12.8 Å². The number of imide groups is 1. The van der Waals surface area contributed by atoms with E-state index in [1.54, 1.807) is 25.5 Å². The Kier molecular flexibility index (Phi) is 4.27. The van der Waals surface area contributed by atoms with Crippen LogP contribution in [0.5, 0.6) is 0 Å². The first-order chi connectivity index (χ1) is 8.89. The van der Waals surface area contributed by atoms with E-state index >= 15 is 0 Å². The molecule has 0 aromatic carbocycles. The minimum atomic E-state index is -3.74. The number of amides is 4. The van der Waals surface area contributed by atoms with Crippen LogP contribution < -0.4 is 10.0 Å². The number of carbonyl (C=O) groups is 3. The summed E-state index contributed by atoms with van der Waals surface area (Å²) >= 11 is 0. The fourth-order valence-corrected chi connectivity index (χ4v) is 1.81. The molecule has 0 aromatic heterocycles. The van der Waals surface area contributed by atoms with Crippen molar-refractivity contribution < 1.29 is 27.5 Å². The van der Waals surface area contributed by atoms with Gasteiger partial charge in [0.25, 0.3) is 5.91 Å². The second-order valence-electron chi connectivity index (χ2n) is 5.33. The van der Waals surface area contributed by atoms with E-state index < -0.39 is 39.7 Å². The molecule has 10 heteroatoms. The Hall–Kier alpha value is -1.84. The molecule has 1 heterocycles. The minimum Gasteiger partial charge on any atom is -0.444 e. The van der Waals surface area contributed by atoms with E-state index in [4.69, 9.17) is 4.74 Å². The van der Waals surface area contributed by atoms with Gasteiger partial charge < -0.3 is 10.1 Å². The molecule has 2 N–H and O–H groups in total. The molecule has 4 amide bonds. The van der Waals surface area contributed by atoms with Crippen LogP contribution in [0, 0.1) is 0 Å². The zero-order chi connectivity index (χ0) is 15.7. The third-order valence-electron chi connectivity index (χ3n) is 2.14. The number of hydrogen-bond acceptors (Lipinski definition) is 6. The lowest BCUT2D eigenvalue weighted by Crippen LogP contribution is -2.67. The highest BCUT2D eigenvalue weighted by Crippen LogP contribution is 2.12. The van der Waals surface area contributed by atoms with Crippen molar-refractivity contribution in [3.63, 3.8) is 0 Å². The molecular weight excluding hydrogens is 290 g/mol. The standard InChI is InChI=1S/C10H17N3O6S/c1-10(2,3)19-9(16)11-6-5-13(7(6)14)8(15)12-20(4,17)18/h6H,5H2,1-4H3,(H,11,16)(H,12,15)/t6-/m0/s1. The van der Waals surface area contributed by atoms with Crippen LogP contribution in [0.15, 0.2) is 0 Å². The maximum Gasteiger partial charge on any atom is 0.408 e. The molecular formula is C10H17N3O6S. The monoisotopic (exact) mass is 307 g/mol. The summed E-state index contributed by atoms with van der Waals surface area (Å²) in [6, 6.07) is -1.94. The Labute approximate surface area is 116 Å². The first-order valence-corrected chi connectivity index (χ1v) is 7.61. The van der Waals surface area contributed by atoms with E-state index in [1.165, 1.54) is 0 Å². The van der Waals surface area contributed by atoms with Crippen LogP contribution >= 0.6 is 0 Å². The normalized spacial score (nSPS) is 19.1. The third kappa shape index (κ3) is 4.68. The van der Waals surface area contributed by atoms with Crippen molar-refractivity contribution in [1.29, 1.82) is 0 Å². The van der Waals surface area contributed by atoms with Crippen molar-refractivity contribution in [3.8, 4) is 0 Å².